The molecule has 0 bridgehead atoms. The van der Waals surface area contributed by atoms with Crippen molar-refractivity contribution in [3.05, 3.63) is 52.2 Å². The Labute approximate surface area is 140 Å². The predicted octanol–water partition coefficient (Wildman–Crippen LogP) is 3.07. The predicted molar refractivity (Wildman–Crippen MR) is 91.7 cm³/mol. The van der Waals surface area contributed by atoms with Crippen molar-refractivity contribution in [2.24, 2.45) is 0 Å². The summed E-state index contributed by atoms with van der Waals surface area (Å²) in [7, 11) is 0. The number of para-hydroxylation sites is 1. The maximum atomic E-state index is 12.1. The van der Waals surface area contributed by atoms with Crippen LogP contribution in [0.25, 0.3) is 0 Å². The van der Waals surface area contributed by atoms with E-state index in [4.69, 9.17) is 9.84 Å². The summed E-state index contributed by atoms with van der Waals surface area (Å²) in [4.78, 5) is 13.3. The highest BCUT2D eigenvalue weighted by molar-refractivity contribution is 7.10. The maximum absolute atomic E-state index is 12.1. The van der Waals surface area contributed by atoms with E-state index in [-0.39, 0.29) is 25.3 Å². The molecule has 1 unspecified atom stereocenters. The molecular weight excluding hydrogens is 312 g/mol. The number of thiophene rings is 1. The molecule has 1 heterocycles. The Morgan fingerprint density at radius 1 is 1.30 bits per heavy atom. The van der Waals surface area contributed by atoms with Crippen LogP contribution in [0.1, 0.15) is 29.8 Å². The average molecular weight is 334 g/mol. The monoisotopic (exact) mass is 334 g/mol. The van der Waals surface area contributed by atoms with Crippen molar-refractivity contribution in [2.75, 3.05) is 13.2 Å². The highest BCUT2D eigenvalue weighted by Crippen LogP contribution is 2.21. The van der Waals surface area contributed by atoms with E-state index < -0.39 is 0 Å². The van der Waals surface area contributed by atoms with Gasteiger partial charge < -0.3 is 20.5 Å². The zero-order chi connectivity index (χ0) is 16.5. The number of benzene rings is 1. The van der Waals surface area contributed by atoms with E-state index in [9.17, 15) is 4.79 Å². The number of carbonyl (C=O) groups excluding carboxylic acids is 1. The fourth-order valence-corrected chi connectivity index (χ4v) is 3.06. The van der Waals surface area contributed by atoms with Crippen LogP contribution in [0.4, 0.5) is 4.79 Å². The average Bonchev–Trinajstić information content (AvgIpc) is 3.11. The molecule has 1 atom stereocenters. The van der Waals surface area contributed by atoms with Gasteiger partial charge in [0, 0.05) is 17.0 Å². The van der Waals surface area contributed by atoms with Crippen molar-refractivity contribution < 1.29 is 14.6 Å². The van der Waals surface area contributed by atoms with Crippen LogP contribution in [0.5, 0.6) is 5.75 Å². The molecule has 2 amide bonds. The number of aliphatic hydroxyl groups excluding tert-OH is 1. The van der Waals surface area contributed by atoms with Crippen LogP contribution in [0.2, 0.25) is 0 Å². The Balaban J connectivity index is 1.89. The van der Waals surface area contributed by atoms with Crippen LogP contribution in [0.3, 0.4) is 0 Å². The summed E-state index contributed by atoms with van der Waals surface area (Å²) < 4.78 is 5.46. The first-order valence-electron chi connectivity index (χ1n) is 7.64. The summed E-state index contributed by atoms with van der Waals surface area (Å²) in [5.41, 5.74) is 0.875. The quantitative estimate of drug-likeness (QED) is 0.695. The molecule has 6 heteroatoms. The van der Waals surface area contributed by atoms with Crippen molar-refractivity contribution in [1.29, 1.82) is 0 Å². The molecule has 0 fully saturated rings. The molecule has 0 spiro atoms. The van der Waals surface area contributed by atoms with Crippen molar-refractivity contribution >= 4 is 17.4 Å². The number of amides is 2. The third kappa shape index (κ3) is 5.26. The van der Waals surface area contributed by atoms with Crippen molar-refractivity contribution in [1.82, 2.24) is 10.6 Å². The molecule has 0 radical (unpaired) electrons. The lowest BCUT2D eigenvalue weighted by molar-refractivity contribution is 0.200. The summed E-state index contributed by atoms with van der Waals surface area (Å²) >= 11 is 1.64. The smallest absolute Gasteiger partial charge is 0.315 e. The molecule has 5 nitrogen and oxygen atoms in total. The van der Waals surface area contributed by atoms with Crippen LogP contribution in [-0.2, 0) is 6.54 Å². The van der Waals surface area contributed by atoms with Crippen molar-refractivity contribution in [3.63, 3.8) is 0 Å². The molecule has 0 saturated heterocycles. The molecule has 2 rings (SSSR count). The molecule has 1 aromatic carbocycles. The van der Waals surface area contributed by atoms with Gasteiger partial charge in [-0.15, -0.1) is 11.3 Å². The fraction of sp³-hybridized carbons (Fsp3) is 0.353. The molecule has 0 aliphatic carbocycles. The number of urea groups is 1. The summed E-state index contributed by atoms with van der Waals surface area (Å²) in [6.45, 7) is 2.61. The minimum absolute atomic E-state index is 0.0240. The number of hydrogen-bond acceptors (Lipinski definition) is 4. The minimum Gasteiger partial charge on any atom is -0.491 e. The second-order valence-electron chi connectivity index (χ2n) is 4.98. The molecular formula is C17H22N2O3S. The first kappa shape index (κ1) is 17.3. The summed E-state index contributed by atoms with van der Waals surface area (Å²) in [6.07, 6.45) is 0.837. The van der Waals surface area contributed by atoms with Gasteiger partial charge in [-0.3, -0.25) is 0 Å². The van der Waals surface area contributed by atoms with Gasteiger partial charge >= 0.3 is 6.03 Å². The van der Waals surface area contributed by atoms with E-state index in [0.29, 0.717) is 12.3 Å². The van der Waals surface area contributed by atoms with Crippen molar-refractivity contribution in [2.45, 2.75) is 25.9 Å². The third-order valence-electron chi connectivity index (χ3n) is 3.36. The normalized spacial score (nSPS) is 11.7. The van der Waals surface area contributed by atoms with E-state index in [1.807, 2.05) is 48.7 Å². The van der Waals surface area contributed by atoms with Gasteiger partial charge in [0.25, 0.3) is 0 Å². The van der Waals surface area contributed by atoms with Crippen LogP contribution < -0.4 is 15.4 Å². The Bertz CT molecular complexity index is 602. The fourth-order valence-electron chi connectivity index (χ4n) is 2.19. The first-order chi connectivity index (χ1) is 11.2. The molecule has 2 aromatic rings. The largest absolute Gasteiger partial charge is 0.491 e. The van der Waals surface area contributed by atoms with E-state index >= 15 is 0 Å². The molecule has 1 aromatic heterocycles. The SMILES string of the molecule is CCC(NC(=O)NCc1ccccc1OCCO)c1cccs1. The molecule has 23 heavy (non-hydrogen) atoms. The van der Waals surface area contributed by atoms with Gasteiger partial charge in [0.2, 0.25) is 0 Å². The van der Waals surface area contributed by atoms with Crippen LogP contribution in [0.15, 0.2) is 41.8 Å². The second kappa shape index (κ2) is 9.17. The lowest BCUT2D eigenvalue weighted by atomic mass is 10.2. The lowest BCUT2D eigenvalue weighted by Gasteiger charge is -2.17. The number of rotatable bonds is 8. The second-order valence-corrected chi connectivity index (χ2v) is 5.96. The maximum Gasteiger partial charge on any atom is 0.315 e. The summed E-state index contributed by atoms with van der Waals surface area (Å²) in [5.74, 6) is 0.673. The van der Waals surface area contributed by atoms with E-state index in [1.165, 1.54) is 0 Å². The lowest BCUT2D eigenvalue weighted by Crippen LogP contribution is -2.37. The summed E-state index contributed by atoms with van der Waals surface area (Å²) in [6, 6.07) is 11.3. The molecule has 0 saturated carbocycles. The zero-order valence-electron chi connectivity index (χ0n) is 13.1. The number of hydrogen-bond donors (Lipinski definition) is 3. The Kier molecular flexibility index (Phi) is 6.90. The van der Waals surface area contributed by atoms with Gasteiger partial charge in [-0.05, 0) is 23.9 Å². The number of nitrogens with one attached hydrogen (secondary N) is 2. The molecule has 3 N–H and O–H groups in total. The van der Waals surface area contributed by atoms with Gasteiger partial charge in [-0.25, -0.2) is 4.79 Å². The van der Waals surface area contributed by atoms with Gasteiger partial charge in [0.1, 0.15) is 12.4 Å². The van der Waals surface area contributed by atoms with E-state index in [0.717, 1.165) is 16.9 Å². The van der Waals surface area contributed by atoms with Gasteiger partial charge in [0.05, 0.1) is 12.6 Å². The number of ether oxygens (including phenoxy) is 1. The topological polar surface area (TPSA) is 70.6 Å². The van der Waals surface area contributed by atoms with Gasteiger partial charge in [0.15, 0.2) is 0 Å². The Hall–Kier alpha value is -2.05. The van der Waals surface area contributed by atoms with Gasteiger partial charge in [-0.1, -0.05) is 31.2 Å². The van der Waals surface area contributed by atoms with Crippen molar-refractivity contribution in [3.8, 4) is 5.75 Å². The van der Waals surface area contributed by atoms with Crippen LogP contribution in [0, 0.1) is 0 Å². The molecule has 124 valence electrons. The van der Waals surface area contributed by atoms with E-state index in [1.54, 1.807) is 11.3 Å². The third-order valence-corrected chi connectivity index (χ3v) is 4.35. The Morgan fingerprint density at radius 2 is 2.13 bits per heavy atom. The van der Waals surface area contributed by atoms with Crippen LogP contribution >= 0.6 is 11.3 Å². The standard InChI is InChI=1S/C17H22N2O3S/c1-2-14(16-8-5-11-23-16)19-17(21)18-12-13-6-3-4-7-15(13)22-10-9-20/h3-8,11,14,20H,2,9-10,12H2,1H3,(H2,18,19,21). The summed E-state index contributed by atoms with van der Waals surface area (Å²) in [5, 5.41) is 16.7. The minimum atomic E-state index is -0.206. The highest BCUT2D eigenvalue weighted by Gasteiger charge is 2.13. The first-order valence-corrected chi connectivity index (χ1v) is 8.52. The Morgan fingerprint density at radius 3 is 2.83 bits per heavy atom. The van der Waals surface area contributed by atoms with Gasteiger partial charge in [-0.2, -0.15) is 0 Å². The molecule has 0 aliphatic rings. The highest BCUT2D eigenvalue weighted by atomic mass is 32.1. The van der Waals surface area contributed by atoms with E-state index in [2.05, 4.69) is 10.6 Å². The number of carbonyl (C=O) groups is 1. The molecule has 0 aliphatic heterocycles. The number of aliphatic hydroxyl groups is 1. The zero-order valence-corrected chi connectivity index (χ0v) is 13.9. The van der Waals surface area contributed by atoms with Crippen LogP contribution in [-0.4, -0.2) is 24.4 Å².